The molecule has 0 bridgehead atoms. The molecular formula is C29H34N2O6S. The van der Waals surface area contributed by atoms with Crippen molar-refractivity contribution in [2.45, 2.75) is 24.1 Å². The molecule has 4 rings (SSSR count). The van der Waals surface area contributed by atoms with Gasteiger partial charge in [-0.3, -0.25) is 9.69 Å². The van der Waals surface area contributed by atoms with Crippen LogP contribution in [0.4, 0.5) is 0 Å². The van der Waals surface area contributed by atoms with Crippen LogP contribution in [-0.2, 0) is 22.1 Å². The molecule has 3 aromatic rings. The highest BCUT2D eigenvalue weighted by Crippen LogP contribution is 2.26. The molecule has 0 atom stereocenters. The van der Waals surface area contributed by atoms with Gasteiger partial charge in [-0.15, -0.1) is 0 Å². The molecule has 1 saturated heterocycles. The number of carbonyl (C=O) groups excluding carboxylic acids is 1. The Morgan fingerprint density at radius 3 is 2.11 bits per heavy atom. The molecule has 0 aromatic heterocycles. The second kappa shape index (κ2) is 11.9. The molecular weight excluding hydrogens is 504 g/mol. The first-order valence-corrected chi connectivity index (χ1v) is 14.1. The fourth-order valence-corrected chi connectivity index (χ4v) is 5.95. The van der Waals surface area contributed by atoms with Crippen LogP contribution in [0.3, 0.4) is 0 Å². The number of aryl methyl sites for hydroxylation is 1. The number of amides is 1. The van der Waals surface area contributed by atoms with Gasteiger partial charge >= 0.3 is 0 Å². The summed E-state index contributed by atoms with van der Waals surface area (Å²) in [7, 11) is 1.21. The maximum atomic E-state index is 13.4. The van der Waals surface area contributed by atoms with Crippen molar-refractivity contribution in [3.05, 3.63) is 82.9 Å². The molecule has 1 heterocycles. The van der Waals surface area contributed by atoms with Crippen LogP contribution in [0, 0.1) is 6.92 Å². The molecule has 0 aliphatic carbocycles. The van der Waals surface area contributed by atoms with Crippen molar-refractivity contribution in [1.82, 2.24) is 9.80 Å². The van der Waals surface area contributed by atoms with E-state index in [9.17, 15) is 13.2 Å². The summed E-state index contributed by atoms with van der Waals surface area (Å²) in [5, 5.41) is 0. The Morgan fingerprint density at radius 1 is 0.816 bits per heavy atom. The zero-order chi connectivity index (χ0) is 27.3. The molecule has 1 amide bonds. The predicted octanol–water partition coefficient (Wildman–Crippen LogP) is 3.95. The number of sulfone groups is 1. The minimum atomic E-state index is -3.63. The molecule has 9 heteroatoms. The fraction of sp³-hybridized carbons (Fsp3) is 0.345. The zero-order valence-electron chi connectivity index (χ0n) is 22.3. The quantitative estimate of drug-likeness (QED) is 0.408. The van der Waals surface area contributed by atoms with Gasteiger partial charge in [0.25, 0.3) is 5.91 Å². The number of hydrogen-bond donors (Lipinski definition) is 0. The maximum Gasteiger partial charge on any atom is 0.254 e. The first-order valence-electron chi connectivity index (χ1n) is 12.4. The third kappa shape index (κ3) is 6.28. The lowest BCUT2D eigenvalue weighted by Crippen LogP contribution is -2.48. The maximum absolute atomic E-state index is 13.4. The molecule has 1 aliphatic rings. The van der Waals surface area contributed by atoms with Crippen molar-refractivity contribution in [3.8, 4) is 17.2 Å². The average molecular weight is 539 g/mol. The van der Waals surface area contributed by atoms with E-state index in [0.717, 1.165) is 22.6 Å². The van der Waals surface area contributed by atoms with Crippen LogP contribution in [-0.4, -0.2) is 71.6 Å². The van der Waals surface area contributed by atoms with Gasteiger partial charge in [0.05, 0.1) is 32.0 Å². The Bertz CT molecular complexity index is 1380. The van der Waals surface area contributed by atoms with E-state index in [4.69, 9.17) is 14.2 Å². The number of methoxy groups -OCH3 is 3. The summed E-state index contributed by atoms with van der Waals surface area (Å²) < 4.78 is 42.3. The van der Waals surface area contributed by atoms with E-state index in [1.807, 2.05) is 25.1 Å². The number of rotatable bonds is 9. The van der Waals surface area contributed by atoms with Gasteiger partial charge in [-0.25, -0.2) is 8.42 Å². The number of nitrogens with zero attached hydrogens (tertiary/aromatic N) is 2. The summed E-state index contributed by atoms with van der Waals surface area (Å²) in [4.78, 5) is 17.6. The molecule has 0 saturated carbocycles. The first-order chi connectivity index (χ1) is 18.2. The lowest BCUT2D eigenvalue weighted by molar-refractivity contribution is 0.0626. The van der Waals surface area contributed by atoms with Gasteiger partial charge in [0.1, 0.15) is 17.2 Å². The zero-order valence-corrected chi connectivity index (χ0v) is 23.1. The summed E-state index contributed by atoms with van der Waals surface area (Å²) in [5.41, 5.74) is 2.85. The number of hydrogen-bond acceptors (Lipinski definition) is 7. The highest BCUT2D eigenvalue weighted by Gasteiger charge is 2.26. The normalized spacial score (nSPS) is 14.3. The molecule has 1 aliphatic heterocycles. The minimum absolute atomic E-state index is 0.144. The topological polar surface area (TPSA) is 85.4 Å². The lowest BCUT2D eigenvalue weighted by atomic mass is 10.1. The second-order valence-corrected chi connectivity index (χ2v) is 11.3. The van der Waals surface area contributed by atoms with Crippen molar-refractivity contribution in [1.29, 1.82) is 0 Å². The standard InChI is InChI=1S/C29H34N2O6S/c1-21-5-11-26(38(33,34)20-22-6-8-24(35-2)9-7-22)18-27(21)29(32)31-15-13-30(14-16-31)19-23-17-25(36-3)10-12-28(23)37-4/h5-12,17-18H,13-16,19-20H2,1-4H3. The van der Waals surface area contributed by atoms with Crippen molar-refractivity contribution >= 4 is 15.7 Å². The Hall–Kier alpha value is -3.56. The van der Waals surface area contributed by atoms with Gasteiger partial charge in [0.15, 0.2) is 9.84 Å². The highest BCUT2D eigenvalue weighted by atomic mass is 32.2. The van der Waals surface area contributed by atoms with E-state index < -0.39 is 9.84 Å². The SMILES string of the molecule is COc1ccc(CS(=O)(=O)c2ccc(C)c(C(=O)N3CCN(Cc4cc(OC)ccc4OC)CC3)c2)cc1. The molecule has 0 spiro atoms. The third-order valence-electron chi connectivity index (χ3n) is 6.86. The van der Waals surface area contributed by atoms with Crippen molar-refractivity contribution in [3.63, 3.8) is 0 Å². The number of benzene rings is 3. The van der Waals surface area contributed by atoms with Crippen LogP contribution >= 0.6 is 0 Å². The molecule has 38 heavy (non-hydrogen) atoms. The van der Waals surface area contributed by atoms with Crippen molar-refractivity contribution < 1.29 is 27.4 Å². The van der Waals surface area contributed by atoms with E-state index in [0.29, 0.717) is 49.6 Å². The molecule has 202 valence electrons. The summed E-state index contributed by atoms with van der Waals surface area (Å²) in [6, 6.07) is 17.5. The van der Waals surface area contributed by atoms with Crippen molar-refractivity contribution in [2.75, 3.05) is 47.5 Å². The van der Waals surface area contributed by atoms with E-state index in [-0.39, 0.29) is 16.6 Å². The average Bonchev–Trinajstić information content (AvgIpc) is 2.93. The Morgan fingerprint density at radius 2 is 1.47 bits per heavy atom. The fourth-order valence-electron chi connectivity index (χ4n) is 4.58. The number of carbonyl (C=O) groups is 1. The van der Waals surface area contributed by atoms with Crippen LogP contribution in [0.25, 0.3) is 0 Å². The largest absolute Gasteiger partial charge is 0.497 e. The van der Waals surface area contributed by atoms with Crippen LogP contribution < -0.4 is 14.2 Å². The number of ether oxygens (including phenoxy) is 3. The molecule has 1 fully saturated rings. The van der Waals surface area contributed by atoms with Crippen LogP contribution in [0.5, 0.6) is 17.2 Å². The second-order valence-electron chi connectivity index (χ2n) is 9.33. The molecule has 3 aromatic carbocycles. The van der Waals surface area contributed by atoms with E-state index >= 15 is 0 Å². The molecule has 0 N–H and O–H groups in total. The van der Waals surface area contributed by atoms with Gasteiger partial charge in [-0.1, -0.05) is 18.2 Å². The van der Waals surface area contributed by atoms with Crippen LogP contribution in [0.1, 0.15) is 27.0 Å². The van der Waals surface area contributed by atoms with Crippen LogP contribution in [0.15, 0.2) is 65.6 Å². The number of piperazine rings is 1. The van der Waals surface area contributed by atoms with Gasteiger partial charge in [-0.05, 0) is 60.5 Å². The van der Waals surface area contributed by atoms with E-state index in [2.05, 4.69) is 4.90 Å². The molecule has 0 unspecified atom stereocenters. The first kappa shape index (κ1) is 27.5. The van der Waals surface area contributed by atoms with E-state index in [1.54, 1.807) is 62.6 Å². The highest BCUT2D eigenvalue weighted by molar-refractivity contribution is 7.90. The minimum Gasteiger partial charge on any atom is -0.497 e. The summed E-state index contributed by atoms with van der Waals surface area (Å²) in [6.45, 7) is 5.00. The Kier molecular flexibility index (Phi) is 8.58. The summed E-state index contributed by atoms with van der Waals surface area (Å²) in [6.07, 6.45) is 0. The predicted molar refractivity (Wildman–Crippen MR) is 146 cm³/mol. The van der Waals surface area contributed by atoms with Crippen molar-refractivity contribution in [2.24, 2.45) is 0 Å². The lowest BCUT2D eigenvalue weighted by Gasteiger charge is -2.35. The Labute approximate surface area is 224 Å². The summed E-state index contributed by atoms with van der Waals surface area (Å²) >= 11 is 0. The van der Waals surface area contributed by atoms with Crippen LogP contribution in [0.2, 0.25) is 0 Å². The molecule has 8 nitrogen and oxygen atoms in total. The van der Waals surface area contributed by atoms with E-state index in [1.165, 1.54) is 6.07 Å². The molecule has 0 radical (unpaired) electrons. The van der Waals surface area contributed by atoms with Gasteiger partial charge in [0.2, 0.25) is 0 Å². The van der Waals surface area contributed by atoms with Gasteiger partial charge < -0.3 is 19.1 Å². The summed E-state index contributed by atoms with van der Waals surface area (Å²) in [5.74, 6) is 1.93. The van der Waals surface area contributed by atoms with Gasteiger partial charge in [-0.2, -0.15) is 0 Å². The third-order valence-corrected chi connectivity index (χ3v) is 8.54. The monoisotopic (exact) mass is 538 g/mol. The smallest absolute Gasteiger partial charge is 0.254 e. The Balaban J connectivity index is 1.43. The van der Waals surface area contributed by atoms with Gasteiger partial charge in [0, 0.05) is 43.9 Å².